The molecule has 1 aliphatic rings. The molecule has 102 valence electrons. The smallest absolute Gasteiger partial charge is 0.242 e. The number of nitrogens with zero attached hydrogens (tertiary/aromatic N) is 1. The molecule has 1 aromatic carbocycles. The number of carbonyl (C=O) groups excluding carboxylic acids is 2. The van der Waals surface area contributed by atoms with E-state index in [0.717, 1.165) is 5.56 Å². The Morgan fingerprint density at radius 1 is 1.26 bits per heavy atom. The molecule has 1 saturated heterocycles. The molecule has 1 aromatic rings. The van der Waals surface area contributed by atoms with Gasteiger partial charge in [-0.3, -0.25) is 9.59 Å². The number of rotatable bonds is 4. The van der Waals surface area contributed by atoms with Crippen LogP contribution in [0.5, 0.6) is 11.5 Å². The van der Waals surface area contributed by atoms with Crippen LogP contribution in [0.1, 0.15) is 5.56 Å². The van der Waals surface area contributed by atoms with Crippen molar-refractivity contribution in [3.63, 3.8) is 0 Å². The summed E-state index contributed by atoms with van der Waals surface area (Å²) in [6, 6.07) is 5.38. The van der Waals surface area contributed by atoms with Gasteiger partial charge in [0, 0.05) is 18.2 Å². The Morgan fingerprint density at radius 2 is 2.05 bits per heavy atom. The highest BCUT2D eigenvalue weighted by molar-refractivity contribution is 5.92. The molecule has 0 radical (unpaired) electrons. The Kier molecular flexibility index (Phi) is 3.89. The zero-order valence-corrected chi connectivity index (χ0v) is 10.9. The monoisotopic (exact) mass is 264 g/mol. The van der Waals surface area contributed by atoms with Crippen LogP contribution >= 0.6 is 0 Å². The lowest BCUT2D eigenvalue weighted by Gasteiger charge is -2.27. The summed E-state index contributed by atoms with van der Waals surface area (Å²) in [4.78, 5) is 24.5. The van der Waals surface area contributed by atoms with E-state index in [4.69, 9.17) is 9.47 Å². The van der Waals surface area contributed by atoms with E-state index < -0.39 is 0 Å². The maximum Gasteiger partial charge on any atom is 0.242 e. The van der Waals surface area contributed by atoms with Crippen LogP contribution in [-0.4, -0.2) is 44.0 Å². The summed E-state index contributed by atoms with van der Waals surface area (Å²) in [5.74, 6) is 1.07. The quantitative estimate of drug-likeness (QED) is 0.841. The second-order valence-corrected chi connectivity index (χ2v) is 4.20. The Bertz CT molecular complexity index is 501. The molecule has 2 amide bonds. The van der Waals surface area contributed by atoms with Crippen molar-refractivity contribution in [1.82, 2.24) is 10.2 Å². The van der Waals surface area contributed by atoms with Gasteiger partial charge in [0.15, 0.2) is 0 Å². The fraction of sp³-hybridized carbons (Fsp3) is 0.385. The molecule has 0 saturated carbocycles. The summed E-state index contributed by atoms with van der Waals surface area (Å²) in [5.41, 5.74) is 0.839. The van der Waals surface area contributed by atoms with Crippen LogP contribution in [0.3, 0.4) is 0 Å². The van der Waals surface area contributed by atoms with Crippen molar-refractivity contribution in [3.8, 4) is 11.5 Å². The first-order chi connectivity index (χ1) is 9.13. The van der Waals surface area contributed by atoms with E-state index in [9.17, 15) is 9.59 Å². The minimum absolute atomic E-state index is 0.0529. The van der Waals surface area contributed by atoms with Crippen LogP contribution in [-0.2, 0) is 16.1 Å². The fourth-order valence-electron chi connectivity index (χ4n) is 1.94. The third-order valence-electron chi connectivity index (χ3n) is 2.98. The topological polar surface area (TPSA) is 67.9 Å². The molecule has 1 N–H and O–H groups in total. The summed E-state index contributed by atoms with van der Waals surface area (Å²) in [6.45, 7) is 0.477. The maximum absolute atomic E-state index is 11.7. The fourth-order valence-corrected chi connectivity index (χ4v) is 1.94. The van der Waals surface area contributed by atoms with Crippen LogP contribution in [0.4, 0.5) is 0 Å². The largest absolute Gasteiger partial charge is 0.497 e. The number of benzene rings is 1. The van der Waals surface area contributed by atoms with Gasteiger partial charge in [0.2, 0.25) is 11.8 Å². The molecular formula is C13H16N2O4. The third kappa shape index (κ3) is 2.96. The van der Waals surface area contributed by atoms with Crippen molar-refractivity contribution in [3.05, 3.63) is 23.8 Å². The van der Waals surface area contributed by atoms with Crippen molar-refractivity contribution in [2.45, 2.75) is 6.54 Å². The molecule has 1 aliphatic heterocycles. The molecule has 1 fully saturated rings. The zero-order chi connectivity index (χ0) is 13.8. The van der Waals surface area contributed by atoms with Crippen molar-refractivity contribution >= 4 is 11.8 Å². The number of ether oxygens (including phenoxy) is 2. The van der Waals surface area contributed by atoms with Crippen LogP contribution in [0.2, 0.25) is 0 Å². The van der Waals surface area contributed by atoms with E-state index in [2.05, 4.69) is 5.32 Å². The lowest BCUT2D eigenvalue weighted by Crippen LogP contribution is -2.51. The molecule has 0 bridgehead atoms. The molecule has 0 unspecified atom stereocenters. The molecule has 6 nitrogen and oxygen atoms in total. The van der Waals surface area contributed by atoms with Crippen molar-refractivity contribution < 1.29 is 19.1 Å². The van der Waals surface area contributed by atoms with Gasteiger partial charge in [0.1, 0.15) is 11.5 Å². The van der Waals surface area contributed by atoms with E-state index in [0.29, 0.717) is 18.0 Å². The third-order valence-corrected chi connectivity index (χ3v) is 2.98. The average Bonchev–Trinajstić information content (AvgIpc) is 2.43. The zero-order valence-electron chi connectivity index (χ0n) is 10.9. The van der Waals surface area contributed by atoms with E-state index in [1.54, 1.807) is 26.4 Å². The summed E-state index contributed by atoms with van der Waals surface area (Å²) >= 11 is 0. The van der Waals surface area contributed by atoms with Crippen LogP contribution in [0.25, 0.3) is 0 Å². The van der Waals surface area contributed by atoms with Gasteiger partial charge in [-0.05, 0) is 12.1 Å². The molecule has 19 heavy (non-hydrogen) atoms. The van der Waals surface area contributed by atoms with Gasteiger partial charge in [-0.2, -0.15) is 0 Å². The molecular weight excluding hydrogens is 248 g/mol. The highest BCUT2D eigenvalue weighted by atomic mass is 16.5. The summed E-state index contributed by atoms with van der Waals surface area (Å²) in [6.07, 6.45) is 0. The Morgan fingerprint density at radius 3 is 2.74 bits per heavy atom. The Labute approximate surface area is 111 Å². The second kappa shape index (κ2) is 5.60. The minimum Gasteiger partial charge on any atom is -0.497 e. The van der Waals surface area contributed by atoms with Crippen molar-refractivity contribution in [2.75, 3.05) is 27.3 Å². The van der Waals surface area contributed by atoms with Crippen LogP contribution in [0, 0.1) is 0 Å². The van der Waals surface area contributed by atoms with Crippen LogP contribution < -0.4 is 14.8 Å². The SMILES string of the molecule is COc1ccc(CN2CC(=O)NCC2=O)c(OC)c1. The van der Waals surface area contributed by atoms with Gasteiger partial charge in [0.05, 0.1) is 27.3 Å². The maximum atomic E-state index is 11.7. The molecule has 2 rings (SSSR count). The number of carbonyl (C=O) groups is 2. The summed E-state index contributed by atoms with van der Waals surface area (Å²) in [5, 5.41) is 2.51. The van der Waals surface area contributed by atoms with E-state index in [1.807, 2.05) is 6.07 Å². The minimum atomic E-state index is -0.146. The molecule has 6 heteroatoms. The van der Waals surface area contributed by atoms with Gasteiger partial charge >= 0.3 is 0 Å². The predicted octanol–water partition coefficient (Wildman–Crippen LogP) is 0.162. The number of hydrogen-bond acceptors (Lipinski definition) is 4. The molecule has 0 spiro atoms. The molecule has 0 aromatic heterocycles. The number of hydrogen-bond donors (Lipinski definition) is 1. The number of amides is 2. The first kappa shape index (κ1) is 13.2. The predicted molar refractivity (Wildman–Crippen MR) is 68.0 cm³/mol. The van der Waals surface area contributed by atoms with Gasteiger partial charge < -0.3 is 19.7 Å². The normalized spacial score (nSPS) is 15.2. The Balaban J connectivity index is 2.17. The average molecular weight is 264 g/mol. The first-order valence-corrected chi connectivity index (χ1v) is 5.89. The van der Waals surface area contributed by atoms with Crippen molar-refractivity contribution in [2.24, 2.45) is 0 Å². The number of nitrogens with one attached hydrogen (secondary N) is 1. The van der Waals surface area contributed by atoms with Gasteiger partial charge in [-0.1, -0.05) is 0 Å². The summed E-state index contributed by atoms with van der Waals surface area (Å²) in [7, 11) is 3.13. The lowest BCUT2D eigenvalue weighted by atomic mass is 10.1. The van der Waals surface area contributed by atoms with Gasteiger partial charge in [-0.25, -0.2) is 0 Å². The van der Waals surface area contributed by atoms with Gasteiger partial charge in [-0.15, -0.1) is 0 Å². The second-order valence-electron chi connectivity index (χ2n) is 4.20. The number of methoxy groups -OCH3 is 2. The van der Waals surface area contributed by atoms with E-state index >= 15 is 0 Å². The van der Waals surface area contributed by atoms with Crippen LogP contribution in [0.15, 0.2) is 18.2 Å². The summed E-state index contributed by atoms with van der Waals surface area (Å²) < 4.78 is 10.4. The Hall–Kier alpha value is -2.24. The van der Waals surface area contributed by atoms with Gasteiger partial charge in [0.25, 0.3) is 0 Å². The molecule has 0 atom stereocenters. The van der Waals surface area contributed by atoms with E-state index in [1.165, 1.54) is 4.90 Å². The van der Waals surface area contributed by atoms with Crippen molar-refractivity contribution in [1.29, 1.82) is 0 Å². The standard InChI is InChI=1S/C13H16N2O4/c1-18-10-4-3-9(11(5-10)19-2)7-15-8-12(16)14-6-13(15)17/h3-5H,6-8H2,1-2H3,(H,14,16). The highest BCUT2D eigenvalue weighted by Crippen LogP contribution is 2.25. The number of piperazine rings is 1. The molecule has 1 heterocycles. The first-order valence-electron chi connectivity index (χ1n) is 5.89. The van der Waals surface area contributed by atoms with E-state index in [-0.39, 0.29) is 24.9 Å². The highest BCUT2D eigenvalue weighted by Gasteiger charge is 2.23. The molecule has 0 aliphatic carbocycles. The lowest BCUT2D eigenvalue weighted by molar-refractivity contribution is -0.141.